The van der Waals surface area contributed by atoms with Crippen LogP contribution in [0.15, 0.2) is 47.5 Å². The topological polar surface area (TPSA) is 74.5 Å². The van der Waals surface area contributed by atoms with Gasteiger partial charge >= 0.3 is 0 Å². The van der Waals surface area contributed by atoms with Gasteiger partial charge in [-0.05, 0) is 30.3 Å². The zero-order valence-corrected chi connectivity index (χ0v) is 11.7. The highest BCUT2D eigenvalue weighted by molar-refractivity contribution is 5.66. The largest absolute Gasteiger partial charge is 0.497 e. The summed E-state index contributed by atoms with van der Waals surface area (Å²) >= 11 is 0. The smallest absolute Gasteiger partial charge is 0.276 e. The van der Waals surface area contributed by atoms with Gasteiger partial charge in [0.05, 0.1) is 12.8 Å². The summed E-state index contributed by atoms with van der Waals surface area (Å²) in [5, 5.41) is 4.43. The van der Waals surface area contributed by atoms with Gasteiger partial charge in [-0.3, -0.25) is 4.79 Å². The fraction of sp³-hybridized carbons (Fsp3) is 0.200. The second kappa shape index (κ2) is 5.41. The fourth-order valence-corrected chi connectivity index (χ4v) is 2.24. The second-order valence-corrected chi connectivity index (χ2v) is 4.67. The maximum absolute atomic E-state index is 12.3. The lowest BCUT2D eigenvalue weighted by Crippen LogP contribution is -2.24. The highest BCUT2D eigenvalue weighted by Gasteiger charge is 2.09. The van der Waals surface area contributed by atoms with Gasteiger partial charge in [-0.25, -0.2) is 4.52 Å². The fourth-order valence-electron chi connectivity index (χ4n) is 2.24. The number of aromatic nitrogens is 3. The number of rotatable bonds is 4. The van der Waals surface area contributed by atoms with Crippen molar-refractivity contribution >= 4 is 5.52 Å². The van der Waals surface area contributed by atoms with Gasteiger partial charge in [-0.15, -0.1) is 0 Å². The van der Waals surface area contributed by atoms with E-state index in [0.717, 1.165) is 17.0 Å². The Morgan fingerprint density at radius 2 is 2.00 bits per heavy atom. The van der Waals surface area contributed by atoms with Crippen LogP contribution >= 0.6 is 0 Å². The van der Waals surface area contributed by atoms with Crippen molar-refractivity contribution in [3.63, 3.8) is 0 Å². The molecule has 0 saturated carbocycles. The molecule has 2 aromatic heterocycles. The molecule has 0 radical (unpaired) electrons. The van der Waals surface area contributed by atoms with E-state index in [9.17, 15) is 4.79 Å². The number of ether oxygens (including phenoxy) is 1. The zero-order valence-electron chi connectivity index (χ0n) is 11.7. The molecule has 21 heavy (non-hydrogen) atoms. The molecular weight excluding hydrogens is 268 g/mol. The number of methoxy groups -OCH3 is 1. The highest BCUT2D eigenvalue weighted by Crippen LogP contribution is 2.21. The summed E-state index contributed by atoms with van der Waals surface area (Å²) in [6.07, 6.45) is 3.46. The van der Waals surface area contributed by atoms with Crippen LogP contribution in [0.3, 0.4) is 0 Å². The molecule has 0 aliphatic carbocycles. The van der Waals surface area contributed by atoms with Crippen molar-refractivity contribution in [1.29, 1.82) is 0 Å². The van der Waals surface area contributed by atoms with Crippen LogP contribution in [0.4, 0.5) is 0 Å². The number of hydrogen-bond acceptors (Lipinski definition) is 4. The zero-order chi connectivity index (χ0) is 14.8. The first kappa shape index (κ1) is 13.4. The lowest BCUT2D eigenvalue weighted by Gasteiger charge is -2.02. The third-order valence-corrected chi connectivity index (χ3v) is 3.36. The molecular formula is C15H16N4O2. The van der Waals surface area contributed by atoms with Gasteiger partial charge in [-0.1, -0.05) is 0 Å². The summed E-state index contributed by atoms with van der Waals surface area (Å²) in [5.41, 5.74) is 7.64. The number of nitrogens with zero attached hydrogens (tertiary/aromatic N) is 3. The standard InChI is InChI=1S/C15H16N4O2/c1-21-12-4-2-11(3-5-12)13-10-14-15(20)18(7-6-16)8-9-19(14)17-13/h2-5,8-10H,6-7,16H2,1H3. The third kappa shape index (κ3) is 2.41. The summed E-state index contributed by atoms with van der Waals surface area (Å²) in [6, 6.07) is 9.35. The molecule has 2 N–H and O–H groups in total. The Kier molecular flexibility index (Phi) is 3.45. The predicted molar refractivity (Wildman–Crippen MR) is 80.5 cm³/mol. The normalized spacial score (nSPS) is 11.0. The monoisotopic (exact) mass is 284 g/mol. The molecule has 108 valence electrons. The molecule has 0 bridgehead atoms. The quantitative estimate of drug-likeness (QED) is 0.779. The van der Waals surface area contributed by atoms with Crippen molar-refractivity contribution in [2.45, 2.75) is 6.54 Å². The van der Waals surface area contributed by atoms with Crippen molar-refractivity contribution in [2.75, 3.05) is 13.7 Å². The van der Waals surface area contributed by atoms with Gasteiger partial charge in [-0.2, -0.15) is 5.10 Å². The molecule has 0 atom stereocenters. The van der Waals surface area contributed by atoms with Crippen LogP contribution in [0.1, 0.15) is 0 Å². The lowest BCUT2D eigenvalue weighted by atomic mass is 10.1. The second-order valence-electron chi connectivity index (χ2n) is 4.67. The summed E-state index contributed by atoms with van der Waals surface area (Å²) in [7, 11) is 1.62. The molecule has 0 aliphatic rings. The Bertz CT molecular complexity index is 818. The van der Waals surface area contributed by atoms with Crippen LogP contribution < -0.4 is 16.0 Å². The minimum Gasteiger partial charge on any atom is -0.497 e. The van der Waals surface area contributed by atoms with Crippen LogP contribution in [-0.4, -0.2) is 27.8 Å². The van der Waals surface area contributed by atoms with Crippen molar-refractivity contribution in [3.05, 3.63) is 53.1 Å². The Morgan fingerprint density at radius 1 is 1.24 bits per heavy atom. The number of nitrogens with two attached hydrogens (primary N) is 1. The summed E-state index contributed by atoms with van der Waals surface area (Å²) in [4.78, 5) is 12.3. The van der Waals surface area contributed by atoms with E-state index >= 15 is 0 Å². The van der Waals surface area contributed by atoms with Crippen LogP contribution in [-0.2, 0) is 6.54 Å². The van der Waals surface area contributed by atoms with Crippen molar-refractivity contribution < 1.29 is 4.74 Å². The van der Waals surface area contributed by atoms with Crippen LogP contribution in [0.2, 0.25) is 0 Å². The highest BCUT2D eigenvalue weighted by atomic mass is 16.5. The van der Waals surface area contributed by atoms with E-state index in [2.05, 4.69) is 5.10 Å². The molecule has 6 heteroatoms. The maximum atomic E-state index is 12.3. The Morgan fingerprint density at radius 3 is 2.67 bits per heavy atom. The predicted octanol–water partition coefficient (Wildman–Crippen LogP) is 1.13. The van der Waals surface area contributed by atoms with E-state index in [4.69, 9.17) is 10.5 Å². The molecule has 0 saturated heterocycles. The SMILES string of the molecule is COc1ccc(-c2cc3c(=O)n(CCN)ccn3n2)cc1. The Balaban J connectivity index is 2.07. The van der Waals surface area contributed by atoms with E-state index in [1.54, 1.807) is 34.7 Å². The van der Waals surface area contributed by atoms with Crippen LogP contribution in [0, 0.1) is 0 Å². The van der Waals surface area contributed by atoms with Gasteiger partial charge in [0.1, 0.15) is 11.3 Å². The number of hydrogen-bond donors (Lipinski definition) is 1. The molecule has 3 rings (SSSR count). The van der Waals surface area contributed by atoms with Gasteiger partial charge in [0.2, 0.25) is 0 Å². The summed E-state index contributed by atoms with van der Waals surface area (Å²) in [6.45, 7) is 0.925. The average Bonchev–Trinajstić information content (AvgIpc) is 2.95. The lowest BCUT2D eigenvalue weighted by molar-refractivity contribution is 0.415. The maximum Gasteiger partial charge on any atom is 0.276 e. The van der Waals surface area contributed by atoms with E-state index < -0.39 is 0 Å². The Hall–Kier alpha value is -2.60. The van der Waals surface area contributed by atoms with Crippen molar-refractivity contribution in [3.8, 4) is 17.0 Å². The van der Waals surface area contributed by atoms with Crippen LogP contribution in [0.25, 0.3) is 16.8 Å². The van der Waals surface area contributed by atoms with Gasteiger partial charge < -0.3 is 15.0 Å². The molecule has 0 unspecified atom stereocenters. The van der Waals surface area contributed by atoms with Crippen molar-refractivity contribution in [2.24, 2.45) is 5.73 Å². The molecule has 3 aromatic rings. The molecule has 0 amide bonds. The molecule has 2 heterocycles. The first-order valence-electron chi connectivity index (χ1n) is 6.66. The molecule has 0 spiro atoms. The number of fused-ring (bicyclic) bond motifs is 1. The first-order valence-corrected chi connectivity index (χ1v) is 6.66. The third-order valence-electron chi connectivity index (χ3n) is 3.36. The Labute approximate surface area is 121 Å². The van der Waals surface area contributed by atoms with Crippen LogP contribution in [0.5, 0.6) is 5.75 Å². The molecule has 0 fully saturated rings. The van der Waals surface area contributed by atoms with Gasteiger partial charge in [0.15, 0.2) is 0 Å². The van der Waals surface area contributed by atoms with Gasteiger partial charge in [0.25, 0.3) is 5.56 Å². The summed E-state index contributed by atoms with van der Waals surface area (Å²) < 4.78 is 8.32. The minimum absolute atomic E-state index is 0.0878. The van der Waals surface area contributed by atoms with E-state index in [0.29, 0.717) is 18.6 Å². The molecule has 6 nitrogen and oxygen atoms in total. The van der Waals surface area contributed by atoms with E-state index in [-0.39, 0.29) is 5.56 Å². The first-order chi connectivity index (χ1) is 10.2. The molecule has 1 aromatic carbocycles. The van der Waals surface area contributed by atoms with E-state index in [1.807, 2.05) is 24.3 Å². The summed E-state index contributed by atoms with van der Waals surface area (Å²) in [5.74, 6) is 0.785. The molecule has 0 aliphatic heterocycles. The number of benzene rings is 1. The van der Waals surface area contributed by atoms with Gasteiger partial charge in [0, 0.05) is 31.0 Å². The average molecular weight is 284 g/mol. The van der Waals surface area contributed by atoms with E-state index in [1.165, 1.54) is 0 Å². The minimum atomic E-state index is -0.0878. The van der Waals surface area contributed by atoms with Crippen molar-refractivity contribution in [1.82, 2.24) is 14.2 Å².